The van der Waals surface area contributed by atoms with Crippen LogP contribution in [0.1, 0.15) is 18.4 Å². The molecule has 2 aromatic carbocycles. The van der Waals surface area contributed by atoms with Crippen LogP contribution in [0.25, 0.3) is 6.08 Å². The van der Waals surface area contributed by atoms with Crippen LogP contribution in [0.3, 0.4) is 0 Å². The summed E-state index contributed by atoms with van der Waals surface area (Å²) in [7, 11) is -3.44. The SMILES string of the molecule is O=C(/C=C/c1ccc(S(=O)(=O)NC2CC2)cc1)Nc1ccc(I)cc1. The first-order valence-electron chi connectivity index (χ1n) is 7.79. The van der Waals surface area contributed by atoms with Crippen molar-refractivity contribution < 1.29 is 13.2 Å². The molecule has 1 aliphatic carbocycles. The summed E-state index contributed by atoms with van der Waals surface area (Å²) in [5.74, 6) is -0.242. The monoisotopic (exact) mass is 468 g/mol. The first-order chi connectivity index (χ1) is 11.9. The first-order valence-corrected chi connectivity index (χ1v) is 10.4. The quantitative estimate of drug-likeness (QED) is 0.505. The number of halogens is 1. The average molecular weight is 468 g/mol. The highest BCUT2D eigenvalue weighted by atomic mass is 127. The molecule has 2 N–H and O–H groups in total. The number of rotatable bonds is 6. The van der Waals surface area contributed by atoms with E-state index in [1.54, 1.807) is 30.3 Å². The molecule has 1 aliphatic rings. The van der Waals surface area contributed by atoms with Crippen LogP contribution in [-0.4, -0.2) is 20.4 Å². The second-order valence-corrected chi connectivity index (χ2v) is 8.75. The highest BCUT2D eigenvalue weighted by Crippen LogP contribution is 2.22. The topological polar surface area (TPSA) is 75.3 Å². The third kappa shape index (κ3) is 5.38. The number of sulfonamides is 1. The minimum atomic E-state index is -3.44. The largest absolute Gasteiger partial charge is 0.323 e. The van der Waals surface area contributed by atoms with Crippen LogP contribution in [-0.2, 0) is 14.8 Å². The molecular weight excluding hydrogens is 451 g/mol. The fourth-order valence-corrected chi connectivity index (χ4v) is 3.80. The van der Waals surface area contributed by atoms with Gasteiger partial charge in [0.2, 0.25) is 15.9 Å². The minimum Gasteiger partial charge on any atom is -0.323 e. The Hall–Kier alpha value is -1.71. The number of benzene rings is 2. The summed E-state index contributed by atoms with van der Waals surface area (Å²) in [6, 6.07) is 14.0. The fraction of sp³-hybridized carbons (Fsp3) is 0.167. The molecule has 25 heavy (non-hydrogen) atoms. The zero-order valence-electron chi connectivity index (χ0n) is 13.3. The lowest BCUT2D eigenvalue weighted by Crippen LogP contribution is -2.25. The van der Waals surface area contributed by atoms with Gasteiger partial charge in [0.25, 0.3) is 0 Å². The van der Waals surface area contributed by atoms with Gasteiger partial charge in [0.1, 0.15) is 0 Å². The van der Waals surface area contributed by atoms with Crippen LogP contribution in [0, 0.1) is 3.57 Å². The minimum absolute atomic E-state index is 0.0783. The van der Waals surface area contributed by atoms with Gasteiger partial charge in [-0.1, -0.05) is 12.1 Å². The third-order valence-corrected chi connectivity index (χ3v) is 5.88. The molecule has 0 unspecified atom stereocenters. The van der Waals surface area contributed by atoms with E-state index < -0.39 is 10.0 Å². The van der Waals surface area contributed by atoms with Crippen molar-refractivity contribution in [2.75, 3.05) is 5.32 Å². The van der Waals surface area contributed by atoms with Crippen molar-refractivity contribution in [3.05, 3.63) is 63.7 Å². The van der Waals surface area contributed by atoms with Gasteiger partial charge in [-0.25, -0.2) is 13.1 Å². The maximum absolute atomic E-state index is 12.1. The van der Waals surface area contributed by atoms with E-state index in [1.165, 1.54) is 6.08 Å². The molecule has 1 saturated carbocycles. The number of carbonyl (C=O) groups is 1. The summed E-state index contributed by atoms with van der Waals surface area (Å²) in [5.41, 5.74) is 1.48. The average Bonchev–Trinajstić information content (AvgIpc) is 3.39. The van der Waals surface area contributed by atoms with Crippen LogP contribution < -0.4 is 10.0 Å². The molecule has 3 rings (SSSR count). The molecule has 0 saturated heterocycles. The van der Waals surface area contributed by atoms with Gasteiger partial charge in [0.05, 0.1) is 4.90 Å². The molecular formula is C18H17IN2O3S. The highest BCUT2D eigenvalue weighted by Gasteiger charge is 2.27. The Kier molecular flexibility index (Phi) is 5.55. The lowest BCUT2D eigenvalue weighted by Gasteiger charge is -2.05. The summed E-state index contributed by atoms with van der Waals surface area (Å²) < 4.78 is 27.9. The van der Waals surface area contributed by atoms with Gasteiger partial charge >= 0.3 is 0 Å². The molecule has 0 spiro atoms. The van der Waals surface area contributed by atoms with E-state index in [4.69, 9.17) is 0 Å². The van der Waals surface area contributed by atoms with Crippen molar-refractivity contribution in [2.45, 2.75) is 23.8 Å². The van der Waals surface area contributed by atoms with Crippen molar-refractivity contribution in [3.63, 3.8) is 0 Å². The second kappa shape index (κ2) is 7.67. The molecule has 1 amide bonds. The molecule has 0 aliphatic heterocycles. The molecule has 5 nitrogen and oxygen atoms in total. The van der Waals surface area contributed by atoms with E-state index in [0.717, 1.165) is 27.7 Å². The molecule has 130 valence electrons. The van der Waals surface area contributed by atoms with E-state index in [2.05, 4.69) is 32.6 Å². The summed E-state index contributed by atoms with van der Waals surface area (Å²) >= 11 is 2.20. The Morgan fingerprint density at radius 2 is 1.68 bits per heavy atom. The zero-order valence-corrected chi connectivity index (χ0v) is 16.3. The van der Waals surface area contributed by atoms with E-state index in [9.17, 15) is 13.2 Å². The van der Waals surface area contributed by atoms with Crippen LogP contribution >= 0.6 is 22.6 Å². The van der Waals surface area contributed by atoms with E-state index in [1.807, 2.05) is 24.3 Å². The lowest BCUT2D eigenvalue weighted by molar-refractivity contribution is -0.111. The van der Waals surface area contributed by atoms with Crippen molar-refractivity contribution in [2.24, 2.45) is 0 Å². The first kappa shape index (κ1) is 18.1. The predicted octanol–water partition coefficient (Wildman–Crippen LogP) is 3.38. The summed E-state index contributed by atoms with van der Waals surface area (Å²) in [6.07, 6.45) is 4.86. The number of anilines is 1. The predicted molar refractivity (Wildman–Crippen MR) is 107 cm³/mol. The van der Waals surface area contributed by atoms with Crippen LogP contribution in [0.5, 0.6) is 0 Å². The van der Waals surface area contributed by atoms with Crippen molar-refractivity contribution in [1.29, 1.82) is 0 Å². The van der Waals surface area contributed by atoms with E-state index in [0.29, 0.717) is 0 Å². The molecule has 0 atom stereocenters. The van der Waals surface area contributed by atoms with Crippen molar-refractivity contribution in [3.8, 4) is 0 Å². The molecule has 0 radical (unpaired) electrons. The van der Waals surface area contributed by atoms with Gasteiger partial charge in [0, 0.05) is 21.4 Å². The number of hydrogen-bond donors (Lipinski definition) is 2. The number of amides is 1. The van der Waals surface area contributed by atoms with Gasteiger partial charge in [-0.3, -0.25) is 4.79 Å². The number of nitrogens with one attached hydrogen (secondary N) is 2. The Morgan fingerprint density at radius 3 is 2.28 bits per heavy atom. The number of carbonyl (C=O) groups excluding carboxylic acids is 1. The van der Waals surface area contributed by atoms with Crippen molar-refractivity contribution in [1.82, 2.24) is 4.72 Å². The van der Waals surface area contributed by atoms with Crippen LogP contribution in [0.2, 0.25) is 0 Å². The molecule has 1 fully saturated rings. The molecule has 0 bridgehead atoms. The van der Waals surface area contributed by atoms with Gasteiger partial charge < -0.3 is 5.32 Å². The maximum Gasteiger partial charge on any atom is 0.248 e. The summed E-state index contributed by atoms with van der Waals surface area (Å²) in [6.45, 7) is 0. The van der Waals surface area contributed by atoms with Crippen LogP contribution in [0.4, 0.5) is 5.69 Å². The lowest BCUT2D eigenvalue weighted by atomic mass is 10.2. The molecule has 7 heteroatoms. The van der Waals surface area contributed by atoms with Gasteiger partial charge in [-0.2, -0.15) is 0 Å². The Morgan fingerprint density at radius 1 is 1.04 bits per heavy atom. The zero-order chi connectivity index (χ0) is 17.9. The fourth-order valence-electron chi connectivity index (χ4n) is 2.14. The molecule has 0 heterocycles. The standard InChI is InChI=1S/C18H17IN2O3S/c19-14-4-6-15(7-5-14)20-18(22)12-3-13-1-10-17(11-2-13)25(23,24)21-16-8-9-16/h1-7,10-12,16,21H,8-9H2,(H,20,22)/b12-3+. The highest BCUT2D eigenvalue weighted by molar-refractivity contribution is 14.1. The van der Waals surface area contributed by atoms with Gasteiger partial charge in [-0.15, -0.1) is 0 Å². The summed E-state index contributed by atoms with van der Waals surface area (Å²) in [5, 5.41) is 2.77. The van der Waals surface area contributed by atoms with Crippen molar-refractivity contribution >= 4 is 50.3 Å². The van der Waals surface area contributed by atoms with E-state index >= 15 is 0 Å². The van der Waals surface area contributed by atoms with E-state index in [-0.39, 0.29) is 16.8 Å². The Labute approximate surface area is 160 Å². The normalized spacial score (nSPS) is 14.6. The third-order valence-electron chi connectivity index (χ3n) is 3.63. The second-order valence-electron chi connectivity index (χ2n) is 5.79. The van der Waals surface area contributed by atoms with Gasteiger partial charge in [0.15, 0.2) is 0 Å². The Bertz CT molecular complexity index is 887. The van der Waals surface area contributed by atoms with Crippen LogP contribution in [0.15, 0.2) is 59.5 Å². The molecule has 2 aromatic rings. The summed E-state index contributed by atoms with van der Waals surface area (Å²) in [4.78, 5) is 12.2. The molecule has 0 aromatic heterocycles. The smallest absolute Gasteiger partial charge is 0.248 e. The number of hydrogen-bond acceptors (Lipinski definition) is 3. The Balaban J connectivity index is 1.61. The van der Waals surface area contributed by atoms with Gasteiger partial charge in [-0.05, 0) is 83.5 Å². The maximum atomic E-state index is 12.1.